The first-order valence-corrected chi connectivity index (χ1v) is 16.3. The van der Waals surface area contributed by atoms with Crippen molar-refractivity contribution < 1.29 is 8.83 Å². The molecule has 11 aromatic rings. The zero-order chi connectivity index (χ0) is 29.9. The number of thiophene rings is 1. The predicted octanol–water partition coefficient (Wildman–Crippen LogP) is 12.6. The average Bonchev–Trinajstić information content (AvgIpc) is 3.86. The van der Waals surface area contributed by atoms with Crippen LogP contribution in [0.1, 0.15) is 0 Å². The molecule has 0 aliphatic rings. The van der Waals surface area contributed by atoms with Crippen LogP contribution in [-0.2, 0) is 0 Å². The lowest BCUT2D eigenvalue weighted by Gasteiger charge is -2.09. The quantitative estimate of drug-likeness (QED) is 0.196. The summed E-state index contributed by atoms with van der Waals surface area (Å²) in [5.74, 6) is 0. The van der Waals surface area contributed by atoms with Crippen molar-refractivity contribution in [3.63, 3.8) is 0 Å². The second kappa shape index (κ2) is 8.87. The van der Waals surface area contributed by atoms with Crippen LogP contribution in [-0.4, -0.2) is 4.57 Å². The average molecular weight is 606 g/mol. The van der Waals surface area contributed by atoms with E-state index in [1.54, 1.807) is 0 Å². The second-order valence-corrected chi connectivity index (χ2v) is 13.1. The Kier molecular flexibility index (Phi) is 4.72. The van der Waals surface area contributed by atoms with Crippen LogP contribution in [0.4, 0.5) is 0 Å². The van der Waals surface area contributed by atoms with Crippen LogP contribution in [0.25, 0.3) is 103 Å². The molecule has 0 radical (unpaired) electrons. The van der Waals surface area contributed by atoms with Gasteiger partial charge in [-0.2, -0.15) is 0 Å². The van der Waals surface area contributed by atoms with Crippen molar-refractivity contribution in [3.8, 4) is 16.8 Å². The van der Waals surface area contributed by atoms with Gasteiger partial charge < -0.3 is 13.4 Å². The smallest absolute Gasteiger partial charge is 0.159 e. The van der Waals surface area contributed by atoms with Crippen molar-refractivity contribution in [1.82, 2.24) is 4.57 Å². The van der Waals surface area contributed by atoms with Crippen LogP contribution >= 0.6 is 11.3 Å². The number of nitrogens with zero attached hydrogens (tertiary/aromatic N) is 1. The Hall–Kier alpha value is -5.84. The molecule has 0 aliphatic heterocycles. The molecule has 214 valence electrons. The molecule has 4 heteroatoms. The second-order valence-electron chi connectivity index (χ2n) is 12.0. The lowest BCUT2D eigenvalue weighted by molar-refractivity contribution is 0.666. The van der Waals surface area contributed by atoms with Gasteiger partial charge in [0.25, 0.3) is 0 Å². The lowest BCUT2D eigenvalue weighted by Crippen LogP contribution is -1.94. The summed E-state index contributed by atoms with van der Waals surface area (Å²) in [5.41, 5.74) is 9.14. The third-order valence-corrected chi connectivity index (χ3v) is 10.8. The van der Waals surface area contributed by atoms with E-state index in [0.717, 1.165) is 60.7 Å². The van der Waals surface area contributed by atoms with Gasteiger partial charge in [0, 0.05) is 53.4 Å². The topological polar surface area (TPSA) is 31.2 Å². The van der Waals surface area contributed by atoms with Gasteiger partial charge in [0.2, 0.25) is 0 Å². The summed E-state index contributed by atoms with van der Waals surface area (Å²) in [6.07, 6.45) is 0. The highest BCUT2D eigenvalue weighted by atomic mass is 32.1. The van der Waals surface area contributed by atoms with Crippen molar-refractivity contribution >= 4 is 97.2 Å². The molecule has 0 saturated heterocycles. The standard InChI is InChI=1S/C42H23NO2S/c1-4-17-33-24(10-1)28-22-23-31-26-12-3-6-21-37(26)46-42(31)39(28)43(33)34-18-8-16-32-38-27(13-9-20-36(38)45-41(32)34)30-15-7-14-29-25-11-2-5-19-35(25)44-40(29)30/h1-23H. The van der Waals surface area contributed by atoms with Gasteiger partial charge in [0.15, 0.2) is 5.58 Å². The number of fused-ring (bicyclic) bond motifs is 13. The highest BCUT2D eigenvalue weighted by Gasteiger charge is 2.22. The monoisotopic (exact) mass is 605 g/mol. The van der Waals surface area contributed by atoms with Gasteiger partial charge in [-0.15, -0.1) is 11.3 Å². The van der Waals surface area contributed by atoms with E-state index < -0.39 is 0 Å². The van der Waals surface area contributed by atoms with E-state index in [9.17, 15) is 0 Å². The largest absolute Gasteiger partial charge is 0.455 e. The van der Waals surface area contributed by atoms with Crippen LogP contribution in [0.15, 0.2) is 148 Å². The fraction of sp³-hybridized carbons (Fsp3) is 0. The first kappa shape index (κ1) is 24.5. The Morgan fingerprint density at radius 3 is 2.07 bits per heavy atom. The molecule has 11 rings (SSSR count). The van der Waals surface area contributed by atoms with Gasteiger partial charge in [-0.25, -0.2) is 0 Å². The number of hydrogen-bond donors (Lipinski definition) is 0. The SMILES string of the molecule is c1ccc2c(c1)oc1c(-c3cccc4oc5c(-n6c7ccccc7c7ccc8c9ccccc9sc8c76)cccc5c34)cccc12. The third kappa shape index (κ3) is 3.11. The molecular formula is C42H23NO2S. The summed E-state index contributed by atoms with van der Waals surface area (Å²) >= 11 is 1.87. The molecule has 3 nitrogen and oxygen atoms in total. The summed E-state index contributed by atoms with van der Waals surface area (Å²) in [6.45, 7) is 0. The summed E-state index contributed by atoms with van der Waals surface area (Å²) < 4.78 is 18.4. The van der Waals surface area contributed by atoms with E-state index in [0.29, 0.717) is 0 Å². The lowest BCUT2D eigenvalue weighted by atomic mass is 9.97. The summed E-state index contributed by atoms with van der Waals surface area (Å²) in [6, 6.07) is 49.6. The number of rotatable bonds is 2. The van der Waals surface area contributed by atoms with Crippen molar-refractivity contribution in [2.24, 2.45) is 0 Å². The molecule has 0 spiro atoms. The molecule has 0 fully saturated rings. The molecule has 46 heavy (non-hydrogen) atoms. The maximum Gasteiger partial charge on any atom is 0.159 e. The highest BCUT2D eigenvalue weighted by Crippen LogP contribution is 2.46. The van der Waals surface area contributed by atoms with Gasteiger partial charge in [0.1, 0.15) is 16.7 Å². The van der Waals surface area contributed by atoms with Gasteiger partial charge in [0.05, 0.1) is 21.4 Å². The molecule has 4 aromatic heterocycles. The van der Waals surface area contributed by atoms with Gasteiger partial charge in [-0.3, -0.25) is 0 Å². The van der Waals surface area contributed by atoms with Crippen LogP contribution in [0.3, 0.4) is 0 Å². The minimum Gasteiger partial charge on any atom is -0.455 e. The van der Waals surface area contributed by atoms with Crippen molar-refractivity contribution in [2.75, 3.05) is 0 Å². The van der Waals surface area contributed by atoms with E-state index in [2.05, 4.69) is 132 Å². The zero-order valence-corrected chi connectivity index (χ0v) is 25.3. The minimum atomic E-state index is 0.862. The highest BCUT2D eigenvalue weighted by molar-refractivity contribution is 7.26. The first-order chi connectivity index (χ1) is 22.8. The first-order valence-electron chi connectivity index (χ1n) is 15.5. The van der Waals surface area contributed by atoms with E-state index in [-0.39, 0.29) is 0 Å². The molecule has 0 N–H and O–H groups in total. The summed E-state index contributed by atoms with van der Waals surface area (Å²) in [7, 11) is 0. The van der Waals surface area contributed by atoms with Crippen LogP contribution in [0, 0.1) is 0 Å². The number of aromatic nitrogens is 1. The van der Waals surface area contributed by atoms with E-state index in [1.165, 1.54) is 42.0 Å². The molecule has 7 aromatic carbocycles. The zero-order valence-electron chi connectivity index (χ0n) is 24.5. The molecule has 0 unspecified atom stereocenters. The van der Waals surface area contributed by atoms with Gasteiger partial charge in [-0.05, 0) is 35.9 Å². The molecular weight excluding hydrogens is 583 g/mol. The maximum absolute atomic E-state index is 6.86. The van der Waals surface area contributed by atoms with Crippen LogP contribution in [0.5, 0.6) is 0 Å². The molecule has 0 bridgehead atoms. The molecule has 4 heterocycles. The molecule has 0 aliphatic carbocycles. The molecule has 0 saturated carbocycles. The number of hydrogen-bond acceptors (Lipinski definition) is 3. The van der Waals surface area contributed by atoms with Crippen LogP contribution in [0.2, 0.25) is 0 Å². The normalized spacial score (nSPS) is 12.3. The molecule has 0 atom stereocenters. The minimum absolute atomic E-state index is 0.862. The van der Waals surface area contributed by atoms with Crippen LogP contribution < -0.4 is 0 Å². The van der Waals surface area contributed by atoms with Crippen molar-refractivity contribution in [2.45, 2.75) is 0 Å². The van der Waals surface area contributed by atoms with Crippen molar-refractivity contribution in [3.05, 3.63) is 140 Å². The third-order valence-electron chi connectivity index (χ3n) is 9.62. The number of benzene rings is 7. The Labute approximate surface area is 266 Å². The van der Waals surface area contributed by atoms with Crippen molar-refractivity contribution in [1.29, 1.82) is 0 Å². The molecule has 0 amide bonds. The van der Waals surface area contributed by atoms with E-state index in [4.69, 9.17) is 8.83 Å². The number of furan rings is 2. The Bertz CT molecular complexity index is 3040. The van der Waals surface area contributed by atoms with Gasteiger partial charge in [-0.1, -0.05) is 109 Å². The maximum atomic E-state index is 6.86. The van der Waals surface area contributed by atoms with Gasteiger partial charge >= 0.3 is 0 Å². The predicted molar refractivity (Wildman–Crippen MR) is 194 cm³/mol. The summed E-state index contributed by atoms with van der Waals surface area (Å²) in [5, 5.41) is 9.51. The fourth-order valence-electron chi connectivity index (χ4n) is 7.67. The fourth-order valence-corrected chi connectivity index (χ4v) is 8.91. The Morgan fingerprint density at radius 2 is 1.11 bits per heavy atom. The van der Waals surface area contributed by atoms with E-state index in [1.807, 2.05) is 23.5 Å². The number of para-hydroxylation sites is 4. The summed E-state index contributed by atoms with van der Waals surface area (Å²) in [4.78, 5) is 0. The van der Waals surface area contributed by atoms with E-state index >= 15 is 0 Å². The Balaban J connectivity index is 1.26. The Morgan fingerprint density at radius 1 is 0.435 bits per heavy atom.